The number of carbonyl (C=O) groups is 1. The van der Waals surface area contributed by atoms with Gasteiger partial charge in [-0.2, -0.15) is 0 Å². The number of thiophene rings is 1. The molecule has 0 saturated carbocycles. The van der Waals surface area contributed by atoms with E-state index in [1.54, 1.807) is 11.3 Å². The molecule has 4 N–H and O–H groups in total. The highest BCUT2D eigenvalue weighted by atomic mass is 79.9. The summed E-state index contributed by atoms with van der Waals surface area (Å²) < 4.78 is 0.900. The number of rotatable bonds is 3. The van der Waals surface area contributed by atoms with Crippen LogP contribution in [0.2, 0.25) is 0 Å². The average Bonchev–Trinajstić information content (AvgIpc) is 2.83. The van der Waals surface area contributed by atoms with E-state index in [0.29, 0.717) is 5.69 Å². The fourth-order valence-electron chi connectivity index (χ4n) is 1.68. The number of hydrazine groups is 1. The van der Waals surface area contributed by atoms with E-state index in [-0.39, 0.29) is 0 Å². The van der Waals surface area contributed by atoms with Gasteiger partial charge < -0.3 is 5.32 Å². The second kappa shape index (κ2) is 6.69. The highest BCUT2D eigenvalue weighted by molar-refractivity contribution is 9.10. The SMILES string of the molecule is Cc1ccc(/C=C/c2c(Br)cccc2NC(=O)NN)s1. The summed E-state index contributed by atoms with van der Waals surface area (Å²) in [6, 6.07) is 9.27. The van der Waals surface area contributed by atoms with E-state index in [1.165, 1.54) is 4.88 Å². The maximum atomic E-state index is 11.3. The number of carbonyl (C=O) groups excluding carboxylic acids is 1. The van der Waals surface area contributed by atoms with Crippen molar-refractivity contribution in [2.75, 3.05) is 5.32 Å². The van der Waals surface area contributed by atoms with Crippen LogP contribution in [0.15, 0.2) is 34.8 Å². The summed E-state index contributed by atoms with van der Waals surface area (Å²) in [5.41, 5.74) is 3.63. The molecule has 104 valence electrons. The molecule has 0 bridgehead atoms. The van der Waals surface area contributed by atoms with Gasteiger partial charge in [-0.1, -0.05) is 28.1 Å². The lowest BCUT2D eigenvalue weighted by Crippen LogP contribution is -2.34. The Hall–Kier alpha value is -1.63. The van der Waals surface area contributed by atoms with Gasteiger partial charge in [0.2, 0.25) is 0 Å². The normalized spacial score (nSPS) is 10.8. The molecule has 4 nitrogen and oxygen atoms in total. The van der Waals surface area contributed by atoms with Gasteiger partial charge in [-0.05, 0) is 37.3 Å². The van der Waals surface area contributed by atoms with Gasteiger partial charge in [-0.3, -0.25) is 5.43 Å². The average molecular weight is 352 g/mol. The number of nitrogens with one attached hydrogen (secondary N) is 2. The van der Waals surface area contributed by atoms with Gasteiger partial charge in [0.05, 0.1) is 5.69 Å². The molecular formula is C14H14BrN3OS. The molecule has 0 aliphatic heterocycles. The predicted octanol–water partition coefficient (Wildman–Crippen LogP) is 3.98. The van der Waals surface area contributed by atoms with Crippen LogP contribution in [0.5, 0.6) is 0 Å². The topological polar surface area (TPSA) is 67.2 Å². The minimum absolute atomic E-state index is 0.454. The quantitative estimate of drug-likeness (QED) is 0.444. The smallest absolute Gasteiger partial charge is 0.306 e. The van der Waals surface area contributed by atoms with Crippen LogP contribution >= 0.6 is 27.3 Å². The van der Waals surface area contributed by atoms with Crippen LogP contribution in [0.25, 0.3) is 12.2 Å². The summed E-state index contributed by atoms with van der Waals surface area (Å²) in [5.74, 6) is 5.09. The van der Waals surface area contributed by atoms with Crippen molar-refractivity contribution < 1.29 is 4.79 Å². The third-order valence-electron chi connectivity index (χ3n) is 2.61. The molecule has 0 aliphatic rings. The van der Waals surface area contributed by atoms with Crippen LogP contribution in [0.3, 0.4) is 0 Å². The molecule has 20 heavy (non-hydrogen) atoms. The standard InChI is InChI=1S/C14H14BrN3OS/c1-9-5-6-10(20-9)7-8-11-12(15)3-2-4-13(11)17-14(19)18-16/h2-8H,16H2,1H3,(H2,17,18,19)/b8-7+. The summed E-state index contributed by atoms with van der Waals surface area (Å²) in [4.78, 5) is 13.8. The Bertz CT molecular complexity index is 652. The lowest BCUT2D eigenvalue weighted by Gasteiger charge is -2.09. The Balaban J connectivity index is 2.30. The molecule has 2 aromatic rings. The number of anilines is 1. The summed E-state index contributed by atoms with van der Waals surface area (Å²) in [6.45, 7) is 2.07. The largest absolute Gasteiger partial charge is 0.333 e. The molecular weight excluding hydrogens is 338 g/mol. The van der Waals surface area contributed by atoms with E-state index < -0.39 is 6.03 Å². The van der Waals surface area contributed by atoms with E-state index in [0.717, 1.165) is 14.9 Å². The van der Waals surface area contributed by atoms with Crippen LogP contribution in [0.1, 0.15) is 15.3 Å². The Morgan fingerprint density at radius 3 is 2.75 bits per heavy atom. The molecule has 0 fully saturated rings. The lowest BCUT2D eigenvalue weighted by atomic mass is 10.1. The molecule has 0 atom stereocenters. The van der Waals surface area contributed by atoms with Crippen LogP contribution in [0.4, 0.5) is 10.5 Å². The lowest BCUT2D eigenvalue weighted by molar-refractivity contribution is 0.252. The molecule has 1 aromatic heterocycles. The second-order valence-electron chi connectivity index (χ2n) is 4.08. The molecule has 0 aliphatic carbocycles. The molecule has 0 unspecified atom stereocenters. The van der Waals surface area contributed by atoms with Crippen molar-refractivity contribution in [2.45, 2.75) is 6.92 Å². The first-order valence-corrected chi connectivity index (χ1v) is 7.51. The van der Waals surface area contributed by atoms with Gasteiger partial charge in [-0.15, -0.1) is 11.3 Å². The minimum atomic E-state index is -0.454. The minimum Gasteiger partial charge on any atom is -0.306 e. The molecule has 0 spiro atoms. The maximum Gasteiger partial charge on any atom is 0.333 e. The van der Waals surface area contributed by atoms with Crippen molar-refractivity contribution in [2.24, 2.45) is 5.84 Å². The van der Waals surface area contributed by atoms with E-state index in [9.17, 15) is 4.79 Å². The number of benzene rings is 1. The summed E-state index contributed by atoms with van der Waals surface area (Å²) in [5, 5.41) is 2.69. The third kappa shape index (κ3) is 3.69. The molecule has 2 amide bonds. The van der Waals surface area contributed by atoms with Gasteiger partial charge in [0, 0.05) is 19.8 Å². The zero-order chi connectivity index (χ0) is 14.5. The molecule has 0 saturated heterocycles. The van der Waals surface area contributed by atoms with Gasteiger partial charge in [0.1, 0.15) is 0 Å². The van der Waals surface area contributed by atoms with Crippen LogP contribution < -0.4 is 16.6 Å². The fourth-order valence-corrected chi connectivity index (χ4v) is 2.96. The highest BCUT2D eigenvalue weighted by Crippen LogP contribution is 2.28. The van der Waals surface area contributed by atoms with Crippen LogP contribution in [-0.4, -0.2) is 6.03 Å². The highest BCUT2D eigenvalue weighted by Gasteiger charge is 2.06. The number of nitrogens with two attached hydrogens (primary N) is 1. The molecule has 2 rings (SSSR count). The monoisotopic (exact) mass is 351 g/mol. The van der Waals surface area contributed by atoms with Crippen LogP contribution in [-0.2, 0) is 0 Å². The van der Waals surface area contributed by atoms with Gasteiger partial charge in [0.25, 0.3) is 0 Å². The van der Waals surface area contributed by atoms with Crippen molar-refractivity contribution in [1.29, 1.82) is 0 Å². The summed E-state index contributed by atoms with van der Waals surface area (Å²) >= 11 is 5.20. The molecule has 1 aromatic carbocycles. The zero-order valence-corrected chi connectivity index (χ0v) is 13.2. The van der Waals surface area contributed by atoms with Gasteiger partial charge in [0.15, 0.2) is 0 Å². The molecule has 0 radical (unpaired) electrons. The van der Waals surface area contributed by atoms with Crippen molar-refractivity contribution in [3.05, 3.63) is 50.1 Å². The third-order valence-corrected chi connectivity index (χ3v) is 4.27. The Morgan fingerprint density at radius 2 is 2.10 bits per heavy atom. The first-order valence-electron chi connectivity index (χ1n) is 5.91. The number of aryl methyl sites for hydroxylation is 1. The summed E-state index contributed by atoms with van der Waals surface area (Å²) in [6.07, 6.45) is 3.98. The van der Waals surface area contributed by atoms with Gasteiger partial charge in [-0.25, -0.2) is 10.6 Å². The summed E-state index contributed by atoms with van der Waals surface area (Å²) in [7, 11) is 0. The van der Waals surface area contributed by atoms with E-state index in [4.69, 9.17) is 5.84 Å². The molecule has 6 heteroatoms. The first-order chi connectivity index (χ1) is 9.60. The van der Waals surface area contributed by atoms with E-state index in [1.807, 2.05) is 35.8 Å². The zero-order valence-electron chi connectivity index (χ0n) is 10.8. The van der Waals surface area contributed by atoms with Crippen molar-refractivity contribution in [3.63, 3.8) is 0 Å². The Kier molecular flexibility index (Phi) is 4.94. The predicted molar refractivity (Wildman–Crippen MR) is 88.5 cm³/mol. The van der Waals surface area contributed by atoms with E-state index in [2.05, 4.69) is 40.3 Å². The number of halogens is 1. The Labute approximate surface area is 129 Å². The van der Waals surface area contributed by atoms with Crippen molar-refractivity contribution in [1.82, 2.24) is 5.43 Å². The number of amides is 2. The first kappa shape index (κ1) is 14.8. The number of hydrogen-bond acceptors (Lipinski definition) is 3. The number of urea groups is 1. The molecule has 1 heterocycles. The Morgan fingerprint density at radius 1 is 1.30 bits per heavy atom. The number of hydrogen-bond donors (Lipinski definition) is 3. The van der Waals surface area contributed by atoms with Crippen molar-refractivity contribution >= 4 is 51.1 Å². The van der Waals surface area contributed by atoms with Gasteiger partial charge >= 0.3 is 6.03 Å². The van der Waals surface area contributed by atoms with Crippen molar-refractivity contribution in [3.8, 4) is 0 Å². The second-order valence-corrected chi connectivity index (χ2v) is 6.26. The maximum absolute atomic E-state index is 11.3. The van der Waals surface area contributed by atoms with Crippen LogP contribution in [0, 0.1) is 6.92 Å². The van der Waals surface area contributed by atoms with E-state index >= 15 is 0 Å². The fraction of sp³-hybridized carbons (Fsp3) is 0.0714.